The Morgan fingerprint density at radius 1 is 1.28 bits per heavy atom. The van der Waals surface area contributed by atoms with Crippen LogP contribution in [0.15, 0.2) is 30.3 Å². The van der Waals surface area contributed by atoms with E-state index in [0.29, 0.717) is 11.3 Å². The van der Waals surface area contributed by atoms with Crippen LogP contribution < -0.4 is 20.5 Å². The molecule has 6 heteroatoms. The number of hydrogen-bond acceptors (Lipinski definition) is 4. The molecular weight excluding hydrogens is 340 g/mol. The smallest absolute Gasteiger partial charge is 0.252 e. The summed E-state index contributed by atoms with van der Waals surface area (Å²) in [7, 11) is 0. The molecule has 136 valence electrons. The van der Waals surface area contributed by atoms with E-state index in [1.54, 1.807) is 6.07 Å². The molecule has 1 aliphatic heterocycles. The van der Waals surface area contributed by atoms with Crippen LogP contribution in [0.2, 0.25) is 0 Å². The minimum absolute atomic E-state index is 0. The van der Waals surface area contributed by atoms with E-state index in [1.807, 2.05) is 38.1 Å². The lowest BCUT2D eigenvalue weighted by molar-refractivity contribution is 0.0994. The number of rotatable bonds is 5. The highest BCUT2D eigenvalue weighted by atomic mass is 35.5. The number of carbonyl (C=O) groups is 1. The molecule has 2 aromatic carbocycles. The van der Waals surface area contributed by atoms with Gasteiger partial charge in [0.1, 0.15) is 17.6 Å². The summed E-state index contributed by atoms with van der Waals surface area (Å²) in [6.45, 7) is 5.74. The van der Waals surface area contributed by atoms with Crippen LogP contribution in [0.25, 0.3) is 10.8 Å². The molecule has 0 aromatic heterocycles. The van der Waals surface area contributed by atoms with Gasteiger partial charge in [0.2, 0.25) is 0 Å². The molecular formula is C19H25ClN2O3. The average molecular weight is 365 g/mol. The zero-order chi connectivity index (χ0) is 17.1. The van der Waals surface area contributed by atoms with E-state index >= 15 is 0 Å². The Balaban J connectivity index is 0.00000225. The molecule has 1 aliphatic rings. The van der Waals surface area contributed by atoms with Gasteiger partial charge in [0, 0.05) is 11.9 Å². The number of fused-ring (bicyclic) bond motifs is 1. The largest absolute Gasteiger partial charge is 0.490 e. The first-order valence-corrected chi connectivity index (χ1v) is 8.45. The van der Waals surface area contributed by atoms with Crippen molar-refractivity contribution in [3.05, 3.63) is 35.9 Å². The zero-order valence-corrected chi connectivity index (χ0v) is 15.4. The number of amides is 1. The molecule has 0 saturated carbocycles. The highest BCUT2D eigenvalue weighted by Gasteiger charge is 2.18. The molecule has 0 bridgehead atoms. The van der Waals surface area contributed by atoms with E-state index in [4.69, 9.17) is 15.2 Å². The second kappa shape index (κ2) is 8.41. The topological polar surface area (TPSA) is 73.6 Å². The highest BCUT2D eigenvalue weighted by molar-refractivity contribution is 6.02. The third-order valence-electron chi connectivity index (χ3n) is 4.11. The molecule has 5 nitrogen and oxygen atoms in total. The molecule has 0 radical (unpaired) electrons. The summed E-state index contributed by atoms with van der Waals surface area (Å²) >= 11 is 0. The van der Waals surface area contributed by atoms with E-state index in [-0.39, 0.29) is 24.6 Å². The van der Waals surface area contributed by atoms with Gasteiger partial charge in [0.15, 0.2) is 0 Å². The van der Waals surface area contributed by atoms with E-state index in [2.05, 4.69) is 5.32 Å². The van der Waals surface area contributed by atoms with Crippen LogP contribution in [-0.4, -0.2) is 31.2 Å². The summed E-state index contributed by atoms with van der Waals surface area (Å²) in [6.07, 6.45) is 2.27. The molecule has 3 N–H and O–H groups in total. The van der Waals surface area contributed by atoms with Gasteiger partial charge in [0.05, 0.1) is 11.7 Å². The fourth-order valence-corrected chi connectivity index (χ4v) is 3.02. The minimum atomic E-state index is -0.490. The highest BCUT2D eigenvalue weighted by Crippen LogP contribution is 2.33. The number of nitrogens with one attached hydrogen (secondary N) is 1. The molecule has 1 saturated heterocycles. The van der Waals surface area contributed by atoms with Crippen LogP contribution in [0.5, 0.6) is 11.5 Å². The van der Waals surface area contributed by atoms with Gasteiger partial charge in [-0.05, 0) is 56.8 Å². The van der Waals surface area contributed by atoms with Crippen LogP contribution in [0, 0.1) is 0 Å². The maximum absolute atomic E-state index is 11.8. The Hall–Kier alpha value is -1.98. The van der Waals surface area contributed by atoms with Gasteiger partial charge < -0.3 is 20.5 Å². The van der Waals surface area contributed by atoms with Crippen LogP contribution in [0.4, 0.5) is 0 Å². The Morgan fingerprint density at radius 3 is 2.72 bits per heavy atom. The molecule has 3 rings (SSSR count). The number of piperidine rings is 1. The van der Waals surface area contributed by atoms with Gasteiger partial charge in [-0.1, -0.05) is 12.1 Å². The van der Waals surface area contributed by atoms with Gasteiger partial charge >= 0.3 is 0 Å². The van der Waals surface area contributed by atoms with Crippen molar-refractivity contribution in [2.75, 3.05) is 13.1 Å². The van der Waals surface area contributed by atoms with Crippen molar-refractivity contribution in [2.24, 2.45) is 5.73 Å². The summed E-state index contributed by atoms with van der Waals surface area (Å²) in [6, 6.07) is 9.48. The Labute approximate surface area is 154 Å². The van der Waals surface area contributed by atoms with E-state index in [9.17, 15) is 4.79 Å². The lowest BCUT2D eigenvalue weighted by Crippen LogP contribution is -2.37. The Morgan fingerprint density at radius 2 is 2.08 bits per heavy atom. The molecule has 1 fully saturated rings. The molecule has 1 atom stereocenters. The predicted octanol–water partition coefficient (Wildman–Crippen LogP) is 3.28. The number of ether oxygens (including phenoxy) is 2. The second-order valence-electron chi connectivity index (χ2n) is 6.44. The van der Waals surface area contributed by atoms with Gasteiger partial charge in [-0.15, -0.1) is 12.4 Å². The van der Waals surface area contributed by atoms with Crippen molar-refractivity contribution in [3.63, 3.8) is 0 Å². The van der Waals surface area contributed by atoms with Crippen LogP contribution in [-0.2, 0) is 0 Å². The van der Waals surface area contributed by atoms with Gasteiger partial charge in [-0.25, -0.2) is 0 Å². The fourth-order valence-electron chi connectivity index (χ4n) is 3.02. The number of nitrogens with two attached hydrogens (primary N) is 1. The quantitative estimate of drug-likeness (QED) is 0.853. The number of primary amides is 1. The minimum Gasteiger partial charge on any atom is -0.490 e. The predicted molar refractivity (Wildman–Crippen MR) is 102 cm³/mol. The van der Waals surface area contributed by atoms with Crippen molar-refractivity contribution in [1.82, 2.24) is 5.32 Å². The van der Waals surface area contributed by atoms with Gasteiger partial charge in [-0.2, -0.15) is 0 Å². The average Bonchev–Trinajstić information content (AvgIpc) is 2.55. The second-order valence-corrected chi connectivity index (χ2v) is 6.44. The number of benzene rings is 2. The maximum atomic E-state index is 11.8. The lowest BCUT2D eigenvalue weighted by atomic mass is 10.0. The molecule has 1 heterocycles. The maximum Gasteiger partial charge on any atom is 0.252 e. The van der Waals surface area contributed by atoms with Crippen molar-refractivity contribution in [1.29, 1.82) is 0 Å². The first-order valence-electron chi connectivity index (χ1n) is 8.45. The van der Waals surface area contributed by atoms with Crippen molar-refractivity contribution in [2.45, 2.75) is 38.9 Å². The summed E-state index contributed by atoms with van der Waals surface area (Å²) in [5.74, 6) is 0.823. The van der Waals surface area contributed by atoms with E-state index in [0.717, 1.165) is 42.5 Å². The van der Waals surface area contributed by atoms with Crippen molar-refractivity contribution in [3.8, 4) is 11.5 Å². The summed E-state index contributed by atoms with van der Waals surface area (Å²) < 4.78 is 12.0. The number of hydrogen-bond donors (Lipinski definition) is 2. The Kier molecular flexibility index (Phi) is 6.51. The summed E-state index contributed by atoms with van der Waals surface area (Å²) in [5, 5.41) is 5.21. The fraction of sp³-hybridized carbons (Fsp3) is 0.421. The van der Waals surface area contributed by atoms with Crippen molar-refractivity contribution >= 4 is 29.1 Å². The van der Waals surface area contributed by atoms with Gasteiger partial charge in [0.25, 0.3) is 5.91 Å². The van der Waals surface area contributed by atoms with E-state index in [1.165, 1.54) is 0 Å². The van der Waals surface area contributed by atoms with Crippen molar-refractivity contribution < 1.29 is 14.3 Å². The molecule has 0 aliphatic carbocycles. The molecule has 2 aromatic rings. The molecule has 0 spiro atoms. The number of carbonyl (C=O) groups excluding carboxylic acids is 1. The summed E-state index contributed by atoms with van der Waals surface area (Å²) in [4.78, 5) is 11.8. The third kappa shape index (κ3) is 4.55. The normalized spacial score (nSPS) is 17.2. The van der Waals surface area contributed by atoms with E-state index < -0.39 is 5.91 Å². The third-order valence-corrected chi connectivity index (χ3v) is 4.11. The first kappa shape index (κ1) is 19.3. The zero-order valence-electron chi connectivity index (χ0n) is 14.6. The number of halogens is 1. The lowest BCUT2D eigenvalue weighted by Gasteiger charge is -2.25. The molecule has 1 amide bonds. The standard InChI is InChI=1S/C19H24N2O3.ClH/c1-12(2)23-18-10-15-13(9-16(18)19(20)22)5-3-7-17(15)24-14-6-4-8-21-11-14;/h3,5,7,9-10,12,14,21H,4,6,8,11H2,1-2H3,(H2,20,22);1H. The Bertz CT molecular complexity index is 743. The summed E-state index contributed by atoms with van der Waals surface area (Å²) in [5.41, 5.74) is 5.91. The van der Waals surface area contributed by atoms with Gasteiger partial charge in [-0.3, -0.25) is 4.79 Å². The molecule has 1 unspecified atom stereocenters. The first-order chi connectivity index (χ1) is 11.5. The monoisotopic (exact) mass is 364 g/mol. The SMILES string of the molecule is CC(C)Oc1cc2c(OC3CCCNC3)cccc2cc1C(N)=O.Cl. The van der Waals surface area contributed by atoms with Crippen LogP contribution >= 0.6 is 12.4 Å². The van der Waals surface area contributed by atoms with Crippen LogP contribution in [0.3, 0.4) is 0 Å². The molecule has 25 heavy (non-hydrogen) atoms. The van der Waals surface area contributed by atoms with Crippen LogP contribution in [0.1, 0.15) is 37.0 Å².